The van der Waals surface area contributed by atoms with Gasteiger partial charge >= 0.3 is 17.9 Å². The average Bonchev–Trinajstić information content (AvgIpc) is 2.50. The minimum Gasteiger partial charge on any atom is -0.463 e. The van der Waals surface area contributed by atoms with Crippen LogP contribution in [0.15, 0.2) is 5.11 Å². The number of ether oxygens (including phenoxy) is 4. The van der Waals surface area contributed by atoms with Crippen LogP contribution < -0.4 is 0 Å². The van der Waals surface area contributed by atoms with Gasteiger partial charge in [-0.3, -0.25) is 14.4 Å². The van der Waals surface area contributed by atoms with Gasteiger partial charge in [-0.05, 0) is 17.3 Å². The lowest BCUT2D eigenvalue weighted by atomic mass is 9.98. The van der Waals surface area contributed by atoms with Gasteiger partial charge in [0.05, 0.1) is 0 Å². The third kappa shape index (κ3) is 6.15. The molecule has 0 unspecified atom stereocenters. The molecular formula is C13H16N4O7S. The van der Waals surface area contributed by atoms with Crippen molar-refractivity contribution >= 4 is 29.7 Å². The van der Waals surface area contributed by atoms with E-state index >= 15 is 0 Å². The van der Waals surface area contributed by atoms with Crippen LogP contribution in [0.5, 0.6) is 0 Å². The lowest BCUT2D eigenvalue weighted by Gasteiger charge is -2.42. The van der Waals surface area contributed by atoms with Crippen molar-refractivity contribution in [1.82, 2.24) is 0 Å². The van der Waals surface area contributed by atoms with E-state index in [2.05, 4.69) is 10.0 Å². The second-order valence-electron chi connectivity index (χ2n) is 4.90. The molecule has 0 saturated carbocycles. The van der Waals surface area contributed by atoms with E-state index in [0.29, 0.717) is 11.8 Å². The molecule has 0 spiro atoms. The summed E-state index contributed by atoms with van der Waals surface area (Å²) < 4.78 is 20.8. The molecule has 0 aromatic carbocycles. The molecule has 1 rings (SSSR count). The van der Waals surface area contributed by atoms with E-state index in [1.54, 1.807) is 5.40 Å². The summed E-state index contributed by atoms with van der Waals surface area (Å²) >= 11 is 0.636. The normalized spacial score (nSPS) is 28.0. The van der Waals surface area contributed by atoms with E-state index in [1.165, 1.54) is 6.92 Å². The highest BCUT2D eigenvalue weighted by Crippen LogP contribution is 2.33. The third-order valence-corrected chi connectivity index (χ3v) is 3.75. The molecule has 136 valence electrons. The fourth-order valence-corrected chi connectivity index (χ4v) is 2.87. The van der Waals surface area contributed by atoms with E-state index in [4.69, 9.17) is 29.7 Å². The summed E-state index contributed by atoms with van der Waals surface area (Å²) in [6.07, 6.45) is -3.42. The largest absolute Gasteiger partial charge is 0.463 e. The predicted molar refractivity (Wildman–Crippen MR) is 82.5 cm³/mol. The number of esters is 3. The Morgan fingerprint density at radius 2 is 1.80 bits per heavy atom. The van der Waals surface area contributed by atoms with Crippen molar-refractivity contribution in [2.45, 2.75) is 50.6 Å². The van der Waals surface area contributed by atoms with Gasteiger partial charge in [-0.1, -0.05) is 5.11 Å². The zero-order valence-electron chi connectivity index (χ0n) is 13.6. The lowest BCUT2D eigenvalue weighted by Crippen LogP contribution is -2.59. The van der Waals surface area contributed by atoms with Crippen LogP contribution in [0, 0.1) is 10.7 Å². The molecule has 1 saturated heterocycles. The number of hydrogen-bond acceptors (Lipinski definition) is 10. The van der Waals surface area contributed by atoms with Gasteiger partial charge in [0.15, 0.2) is 12.2 Å². The highest BCUT2D eigenvalue weighted by molar-refractivity contribution is 8.04. The Morgan fingerprint density at radius 3 is 2.28 bits per heavy atom. The zero-order valence-corrected chi connectivity index (χ0v) is 14.5. The van der Waals surface area contributed by atoms with Gasteiger partial charge in [-0.15, -0.1) is 0 Å². The molecule has 0 bridgehead atoms. The third-order valence-electron chi connectivity index (χ3n) is 3.02. The van der Waals surface area contributed by atoms with E-state index in [-0.39, 0.29) is 6.61 Å². The van der Waals surface area contributed by atoms with Crippen LogP contribution in [0.2, 0.25) is 0 Å². The van der Waals surface area contributed by atoms with Crippen molar-refractivity contribution in [1.29, 1.82) is 5.26 Å². The van der Waals surface area contributed by atoms with Crippen molar-refractivity contribution < 1.29 is 33.3 Å². The summed E-state index contributed by atoms with van der Waals surface area (Å²) in [6, 6.07) is -1.13. The average molecular weight is 372 g/mol. The van der Waals surface area contributed by atoms with Crippen LogP contribution in [0.25, 0.3) is 10.4 Å². The van der Waals surface area contributed by atoms with Crippen LogP contribution in [-0.2, 0) is 33.3 Å². The highest BCUT2D eigenvalue weighted by atomic mass is 32.2. The molecule has 0 aromatic rings. The SMILES string of the molecule is CC(=O)OC[C@H]1O[C@@H](SC#N)[C@H](N=[N+]=[N-])[C@@H](OC(C)=O)[C@@H]1OC(C)=O. The number of hydrogen-bond donors (Lipinski definition) is 0. The fraction of sp³-hybridized carbons (Fsp3) is 0.692. The first kappa shape index (κ1) is 20.6. The molecule has 1 fully saturated rings. The van der Waals surface area contributed by atoms with E-state index in [9.17, 15) is 14.4 Å². The maximum atomic E-state index is 11.4. The number of thiocyanates is 1. The van der Waals surface area contributed by atoms with Gasteiger partial charge in [0.25, 0.3) is 0 Å². The number of nitrogens with zero attached hydrogens (tertiary/aromatic N) is 4. The summed E-state index contributed by atoms with van der Waals surface area (Å²) in [6.45, 7) is 3.13. The number of rotatable bonds is 6. The molecule has 5 atom stereocenters. The van der Waals surface area contributed by atoms with E-state index in [1.807, 2.05) is 0 Å². The molecule has 0 aromatic heterocycles. The standard InChI is InChI=1S/C13H16N4O7S/c1-6(18)21-4-9-11(22-7(2)19)12(23-8(3)20)10(16-17-15)13(24-9)25-5-14/h9-13H,4H2,1-3H3/t9-,10-,11-,12-,13+/m1/s1. The number of carbonyl (C=O) groups excluding carboxylic acids is 3. The van der Waals surface area contributed by atoms with Crippen molar-refractivity contribution in [2.75, 3.05) is 6.61 Å². The topological polar surface area (TPSA) is 161 Å². The first-order valence-electron chi connectivity index (χ1n) is 7.02. The minimum atomic E-state index is -1.21. The Morgan fingerprint density at radius 1 is 1.20 bits per heavy atom. The first-order valence-corrected chi connectivity index (χ1v) is 7.90. The maximum Gasteiger partial charge on any atom is 0.303 e. The zero-order chi connectivity index (χ0) is 19.0. The van der Waals surface area contributed by atoms with Crippen LogP contribution in [0.4, 0.5) is 0 Å². The minimum absolute atomic E-state index is 0.309. The number of azide groups is 1. The Balaban J connectivity index is 3.24. The molecule has 11 nitrogen and oxygen atoms in total. The Labute approximate surface area is 147 Å². The van der Waals surface area contributed by atoms with E-state index < -0.39 is 47.7 Å². The van der Waals surface area contributed by atoms with Gasteiger partial charge in [0, 0.05) is 25.7 Å². The second-order valence-corrected chi connectivity index (χ2v) is 5.78. The molecule has 0 N–H and O–H groups in total. The van der Waals surface area contributed by atoms with Crippen LogP contribution in [-0.4, -0.2) is 54.3 Å². The monoisotopic (exact) mass is 372 g/mol. The van der Waals surface area contributed by atoms with Crippen molar-refractivity contribution in [3.05, 3.63) is 10.4 Å². The summed E-state index contributed by atoms with van der Waals surface area (Å²) in [4.78, 5) is 36.6. The fourth-order valence-electron chi connectivity index (χ4n) is 2.22. The molecule has 25 heavy (non-hydrogen) atoms. The smallest absolute Gasteiger partial charge is 0.303 e. The van der Waals surface area contributed by atoms with Gasteiger partial charge in [0.1, 0.15) is 29.6 Å². The van der Waals surface area contributed by atoms with Gasteiger partial charge in [0.2, 0.25) is 0 Å². The van der Waals surface area contributed by atoms with Crippen LogP contribution >= 0.6 is 11.8 Å². The predicted octanol–water partition coefficient (Wildman–Crippen LogP) is 1.03. The second kappa shape index (κ2) is 9.73. The number of thioether (sulfide) groups is 1. The van der Waals surface area contributed by atoms with E-state index in [0.717, 1.165) is 13.8 Å². The Kier molecular flexibility index (Phi) is 8.00. The van der Waals surface area contributed by atoms with Gasteiger partial charge < -0.3 is 18.9 Å². The van der Waals surface area contributed by atoms with Crippen molar-refractivity contribution in [3.63, 3.8) is 0 Å². The lowest BCUT2D eigenvalue weighted by molar-refractivity contribution is -0.208. The maximum absolute atomic E-state index is 11.4. The van der Waals surface area contributed by atoms with Crippen LogP contribution in [0.3, 0.4) is 0 Å². The van der Waals surface area contributed by atoms with Gasteiger partial charge in [-0.25, -0.2) is 0 Å². The summed E-state index contributed by atoms with van der Waals surface area (Å²) in [7, 11) is 0. The molecule has 0 radical (unpaired) electrons. The molecule has 12 heteroatoms. The molecule has 0 aliphatic carbocycles. The Bertz CT molecular complexity index is 616. The molecule has 1 aliphatic rings. The summed E-state index contributed by atoms with van der Waals surface area (Å²) in [5, 5.41) is 14.2. The van der Waals surface area contributed by atoms with Crippen molar-refractivity contribution in [2.24, 2.45) is 5.11 Å². The number of nitriles is 1. The van der Waals surface area contributed by atoms with Gasteiger partial charge in [-0.2, -0.15) is 5.26 Å². The molecule has 0 amide bonds. The van der Waals surface area contributed by atoms with Crippen LogP contribution in [0.1, 0.15) is 20.8 Å². The summed E-state index contributed by atoms with van der Waals surface area (Å²) in [5.74, 6) is -2.02. The molecular weight excluding hydrogens is 356 g/mol. The van der Waals surface area contributed by atoms with Crippen molar-refractivity contribution in [3.8, 4) is 5.40 Å². The summed E-state index contributed by atoms with van der Waals surface area (Å²) in [5.41, 5.74) is 7.74. The number of carbonyl (C=O) groups is 3. The highest BCUT2D eigenvalue weighted by Gasteiger charge is 2.50. The quantitative estimate of drug-likeness (QED) is 0.165. The molecule has 1 aliphatic heterocycles. The Hall–Kier alpha value is -2.48. The first-order chi connectivity index (χ1) is 11.8. The molecule has 1 heterocycles.